The Morgan fingerprint density at radius 3 is 2.34 bits per heavy atom. The Bertz CT molecular complexity index is 1430. The van der Waals surface area contributed by atoms with E-state index in [9.17, 15) is 15.0 Å². The number of aromatic nitrogens is 3. The number of benzene rings is 3. The SMILES string of the molecule is COc1cc(-c2ccc(C3(C(O)O)CC3)cc2)ccc1-n1nnc(C)c1NC(=O)O[C@H](C)c1ccccc1. The second-order valence-corrected chi connectivity index (χ2v) is 9.51. The molecule has 0 spiro atoms. The van der Waals surface area contributed by atoms with Crippen LogP contribution in [0.5, 0.6) is 5.75 Å². The Morgan fingerprint density at radius 1 is 1.03 bits per heavy atom. The number of anilines is 1. The third kappa shape index (κ3) is 4.85. The molecule has 1 aromatic heterocycles. The van der Waals surface area contributed by atoms with Crippen molar-refractivity contribution in [2.45, 2.75) is 44.5 Å². The number of ether oxygens (including phenoxy) is 2. The van der Waals surface area contributed by atoms with E-state index in [2.05, 4.69) is 15.6 Å². The first-order valence-corrected chi connectivity index (χ1v) is 12.4. The molecule has 9 nitrogen and oxygen atoms in total. The van der Waals surface area contributed by atoms with Crippen LogP contribution >= 0.6 is 0 Å². The number of amides is 1. The van der Waals surface area contributed by atoms with Gasteiger partial charge in [-0.05, 0) is 61.1 Å². The topological polar surface area (TPSA) is 119 Å². The van der Waals surface area contributed by atoms with Gasteiger partial charge in [0.1, 0.15) is 23.2 Å². The second-order valence-electron chi connectivity index (χ2n) is 9.51. The average Bonchev–Trinajstić information content (AvgIpc) is 3.68. The molecule has 9 heteroatoms. The van der Waals surface area contributed by atoms with Crippen LogP contribution in [0.3, 0.4) is 0 Å². The summed E-state index contributed by atoms with van der Waals surface area (Å²) in [7, 11) is 1.57. The Balaban J connectivity index is 1.37. The number of aryl methyl sites for hydroxylation is 1. The Hall–Kier alpha value is -4.21. The Labute approximate surface area is 220 Å². The summed E-state index contributed by atoms with van der Waals surface area (Å²) in [4.78, 5) is 12.7. The van der Waals surface area contributed by atoms with E-state index in [1.165, 1.54) is 4.68 Å². The number of carbonyl (C=O) groups excluding carboxylic acids is 1. The summed E-state index contributed by atoms with van der Waals surface area (Å²) >= 11 is 0. The molecule has 1 heterocycles. The van der Waals surface area contributed by atoms with Crippen molar-refractivity contribution in [1.29, 1.82) is 0 Å². The van der Waals surface area contributed by atoms with Crippen LogP contribution in [0, 0.1) is 6.92 Å². The predicted molar refractivity (Wildman–Crippen MR) is 142 cm³/mol. The lowest BCUT2D eigenvalue weighted by Gasteiger charge is -2.18. The maximum Gasteiger partial charge on any atom is 0.413 e. The van der Waals surface area contributed by atoms with Crippen molar-refractivity contribution in [1.82, 2.24) is 15.0 Å². The highest BCUT2D eigenvalue weighted by molar-refractivity contribution is 5.85. The zero-order valence-corrected chi connectivity index (χ0v) is 21.5. The van der Waals surface area contributed by atoms with E-state index >= 15 is 0 Å². The molecular formula is C29H30N4O5. The first kappa shape index (κ1) is 25.4. The number of hydrogen-bond acceptors (Lipinski definition) is 7. The fraction of sp³-hybridized carbons (Fsp3) is 0.276. The highest BCUT2D eigenvalue weighted by atomic mass is 16.6. The molecule has 4 aromatic rings. The molecule has 1 fully saturated rings. The lowest BCUT2D eigenvalue weighted by atomic mass is 9.93. The lowest BCUT2D eigenvalue weighted by molar-refractivity contribution is -0.0694. The zero-order chi connectivity index (χ0) is 26.9. The minimum absolute atomic E-state index is 0.378. The van der Waals surface area contributed by atoms with E-state index in [-0.39, 0.29) is 0 Å². The van der Waals surface area contributed by atoms with Gasteiger partial charge in [0, 0.05) is 5.41 Å². The monoisotopic (exact) mass is 514 g/mol. The number of aliphatic hydroxyl groups excluding tert-OH is 1. The Kier molecular flexibility index (Phi) is 6.88. The van der Waals surface area contributed by atoms with Gasteiger partial charge in [-0.1, -0.05) is 65.9 Å². The van der Waals surface area contributed by atoms with E-state index in [0.717, 1.165) is 35.1 Å². The molecule has 3 aromatic carbocycles. The second kappa shape index (κ2) is 10.3. The number of rotatable bonds is 8. The van der Waals surface area contributed by atoms with Crippen molar-refractivity contribution in [2.75, 3.05) is 12.4 Å². The summed E-state index contributed by atoms with van der Waals surface area (Å²) in [5.74, 6) is 0.915. The van der Waals surface area contributed by atoms with Crippen molar-refractivity contribution in [3.8, 4) is 22.6 Å². The van der Waals surface area contributed by atoms with Crippen LogP contribution in [0.25, 0.3) is 16.8 Å². The lowest BCUT2D eigenvalue weighted by Crippen LogP contribution is -2.25. The van der Waals surface area contributed by atoms with Gasteiger partial charge in [-0.25, -0.2) is 4.79 Å². The minimum Gasteiger partial charge on any atom is -0.494 e. The third-order valence-corrected chi connectivity index (χ3v) is 7.10. The highest BCUT2D eigenvalue weighted by Gasteiger charge is 2.50. The summed E-state index contributed by atoms with van der Waals surface area (Å²) < 4.78 is 12.7. The van der Waals surface area contributed by atoms with Gasteiger partial charge in [-0.3, -0.25) is 5.32 Å². The van der Waals surface area contributed by atoms with E-state index < -0.39 is 23.9 Å². The first-order valence-electron chi connectivity index (χ1n) is 12.4. The molecule has 0 aliphatic heterocycles. The van der Waals surface area contributed by atoms with Crippen molar-refractivity contribution >= 4 is 11.9 Å². The van der Waals surface area contributed by atoms with Crippen molar-refractivity contribution in [3.05, 3.63) is 89.6 Å². The van der Waals surface area contributed by atoms with Crippen LogP contribution in [0.15, 0.2) is 72.8 Å². The Morgan fingerprint density at radius 2 is 1.71 bits per heavy atom. The van der Waals surface area contributed by atoms with Gasteiger partial charge in [-0.15, -0.1) is 5.10 Å². The molecule has 1 aliphatic carbocycles. The molecule has 0 saturated heterocycles. The largest absolute Gasteiger partial charge is 0.494 e. The van der Waals surface area contributed by atoms with Gasteiger partial charge < -0.3 is 19.7 Å². The van der Waals surface area contributed by atoms with Gasteiger partial charge in [-0.2, -0.15) is 4.68 Å². The molecule has 1 atom stereocenters. The molecule has 38 heavy (non-hydrogen) atoms. The van der Waals surface area contributed by atoms with Gasteiger partial charge in [0.05, 0.1) is 7.11 Å². The van der Waals surface area contributed by atoms with E-state index in [1.807, 2.05) is 79.7 Å². The smallest absolute Gasteiger partial charge is 0.413 e. The summed E-state index contributed by atoms with van der Waals surface area (Å²) in [5.41, 5.74) is 4.24. The van der Waals surface area contributed by atoms with Crippen molar-refractivity contribution in [3.63, 3.8) is 0 Å². The molecule has 196 valence electrons. The molecular weight excluding hydrogens is 484 g/mol. The minimum atomic E-state index is -1.36. The van der Waals surface area contributed by atoms with Crippen LogP contribution in [-0.4, -0.2) is 44.7 Å². The first-order chi connectivity index (χ1) is 18.3. The van der Waals surface area contributed by atoms with E-state index in [1.54, 1.807) is 14.0 Å². The average molecular weight is 515 g/mol. The van der Waals surface area contributed by atoms with E-state index in [4.69, 9.17) is 9.47 Å². The summed E-state index contributed by atoms with van der Waals surface area (Å²) in [5, 5.41) is 30.6. The summed E-state index contributed by atoms with van der Waals surface area (Å²) in [6.07, 6.45) is -0.889. The third-order valence-electron chi connectivity index (χ3n) is 7.10. The van der Waals surface area contributed by atoms with Crippen LogP contribution < -0.4 is 10.1 Å². The number of nitrogens with zero attached hydrogens (tertiary/aromatic N) is 3. The molecule has 3 N–H and O–H groups in total. The number of methoxy groups -OCH3 is 1. The molecule has 5 rings (SSSR count). The van der Waals surface area contributed by atoms with Gasteiger partial charge in [0.15, 0.2) is 12.1 Å². The number of hydrogen-bond donors (Lipinski definition) is 3. The van der Waals surface area contributed by atoms with Gasteiger partial charge >= 0.3 is 6.09 Å². The van der Waals surface area contributed by atoms with E-state index in [0.29, 0.717) is 22.9 Å². The van der Waals surface area contributed by atoms with Crippen LogP contribution in [0.1, 0.15) is 42.7 Å². The molecule has 1 aliphatic rings. The van der Waals surface area contributed by atoms with Gasteiger partial charge in [0.2, 0.25) is 0 Å². The number of nitrogens with one attached hydrogen (secondary N) is 1. The van der Waals surface area contributed by atoms with Crippen LogP contribution in [-0.2, 0) is 10.2 Å². The quantitative estimate of drug-likeness (QED) is 0.286. The fourth-order valence-corrected chi connectivity index (χ4v) is 4.61. The maximum absolute atomic E-state index is 12.7. The van der Waals surface area contributed by atoms with Crippen molar-refractivity contribution in [2.24, 2.45) is 0 Å². The van der Waals surface area contributed by atoms with Crippen molar-refractivity contribution < 1.29 is 24.5 Å². The maximum atomic E-state index is 12.7. The molecule has 1 saturated carbocycles. The summed E-state index contributed by atoms with van der Waals surface area (Å²) in [6, 6.07) is 22.9. The predicted octanol–water partition coefficient (Wildman–Crippen LogP) is 4.90. The fourth-order valence-electron chi connectivity index (χ4n) is 4.61. The van der Waals surface area contributed by atoms with Gasteiger partial charge in [0.25, 0.3) is 0 Å². The molecule has 0 radical (unpaired) electrons. The normalized spacial score (nSPS) is 14.7. The van der Waals surface area contributed by atoms with Crippen LogP contribution in [0.4, 0.5) is 10.6 Å². The number of carbonyl (C=O) groups is 1. The standard InChI is InChI=1S/C29H30N4O5/c1-18-26(30-28(36)38-19(2)20-7-5-4-6-8-20)33(32-31-18)24-14-11-22(17-25(24)37-3)21-9-12-23(13-10-21)29(15-16-29)27(34)35/h4-14,17,19,27,34-35H,15-16H2,1-3H3,(H,30,36)/t19-/m1/s1. The molecule has 0 unspecified atom stereocenters. The number of aliphatic hydroxyl groups is 2. The zero-order valence-electron chi connectivity index (χ0n) is 21.5. The molecule has 0 bridgehead atoms. The van der Waals surface area contributed by atoms with Crippen LogP contribution in [0.2, 0.25) is 0 Å². The summed E-state index contributed by atoms with van der Waals surface area (Å²) in [6.45, 7) is 3.56. The molecule has 1 amide bonds. The highest BCUT2D eigenvalue weighted by Crippen LogP contribution is 2.50.